The van der Waals surface area contributed by atoms with Crippen LogP contribution in [0, 0.1) is 0 Å². The second kappa shape index (κ2) is 5.84. The minimum absolute atomic E-state index is 0.0184. The molecule has 5 heteroatoms. The van der Waals surface area contributed by atoms with E-state index in [0.29, 0.717) is 19.6 Å². The fraction of sp³-hybridized carbons (Fsp3) is 0.818. The van der Waals surface area contributed by atoms with Crippen LogP contribution < -0.4 is 5.32 Å². The molecule has 5 nitrogen and oxygen atoms in total. The third-order valence-electron chi connectivity index (χ3n) is 2.79. The van der Waals surface area contributed by atoms with Gasteiger partial charge in [0.05, 0.1) is 6.61 Å². The molecule has 2 amide bonds. The fourth-order valence-electron chi connectivity index (χ4n) is 1.93. The van der Waals surface area contributed by atoms with E-state index < -0.39 is 6.04 Å². The molecule has 1 aliphatic rings. The number of nitrogens with one attached hydrogen (secondary N) is 1. The van der Waals surface area contributed by atoms with Crippen LogP contribution in [0.2, 0.25) is 0 Å². The Morgan fingerprint density at radius 1 is 1.44 bits per heavy atom. The molecule has 1 fully saturated rings. The summed E-state index contributed by atoms with van der Waals surface area (Å²) in [6.07, 6.45) is 1.58. The SMILES string of the molecule is CCCC1C(=O)NC(C)C(=O)N1CCOC. The van der Waals surface area contributed by atoms with E-state index in [2.05, 4.69) is 5.32 Å². The van der Waals surface area contributed by atoms with Gasteiger partial charge in [-0.05, 0) is 13.3 Å². The van der Waals surface area contributed by atoms with E-state index in [4.69, 9.17) is 4.74 Å². The summed E-state index contributed by atoms with van der Waals surface area (Å²) in [4.78, 5) is 25.3. The zero-order valence-corrected chi connectivity index (χ0v) is 10.2. The smallest absolute Gasteiger partial charge is 0.245 e. The van der Waals surface area contributed by atoms with Crippen LogP contribution in [0.3, 0.4) is 0 Å². The van der Waals surface area contributed by atoms with Crippen molar-refractivity contribution in [3.8, 4) is 0 Å². The molecule has 0 aromatic heterocycles. The summed E-state index contributed by atoms with van der Waals surface area (Å²) in [7, 11) is 1.59. The molecule has 1 saturated heterocycles. The first-order chi connectivity index (χ1) is 7.61. The lowest BCUT2D eigenvalue weighted by atomic mass is 10.0. The number of carbonyl (C=O) groups is 2. The molecule has 1 heterocycles. The van der Waals surface area contributed by atoms with Gasteiger partial charge in [0.1, 0.15) is 12.1 Å². The zero-order chi connectivity index (χ0) is 12.1. The van der Waals surface area contributed by atoms with E-state index in [1.54, 1.807) is 18.9 Å². The lowest BCUT2D eigenvalue weighted by Gasteiger charge is -2.37. The molecular formula is C11H20N2O3. The molecule has 2 atom stereocenters. The molecule has 0 aliphatic carbocycles. The van der Waals surface area contributed by atoms with Crippen molar-refractivity contribution in [2.45, 2.75) is 38.8 Å². The van der Waals surface area contributed by atoms with E-state index in [-0.39, 0.29) is 17.9 Å². The second-order valence-corrected chi connectivity index (χ2v) is 4.06. The van der Waals surface area contributed by atoms with Crippen molar-refractivity contribution < 1.29 is 14.3 Å². The van der Waals surface area contributed by atoms with E-state index in [1.165, 1.54) is 0 Å². The summed E-state index contributed by atoms with van der Waals surface area (Å²) in [6.45, 7) is 4.66. The summed E-state index contributed by atoms with van der Waals surface area (Å²) >= 11 is 0. The van der Waals surface area contributed by atoms with Crippen LogP contribution in [-0.4, -0.2) is 49.1 Å². The van der Waals surface area contributed by atoms with E-state index in [0.717, 1.165) is 6.42 Å². The number of rotatable bonds is 5. The summed E-state index contributed by atoms with van der Waals surface area (Å²) in [5.74, 6) is -0.0693. The molecule has 0 saturated carbocycles. The van der Waals surface area contributed by atoms with Crippen molar-refractivity contribution in [2.75, 3.05) is 20.3 Å². The average molecular weight is 228 g/mol. The Morgan fingerprint density at radius 2 is 2.12 bits per heavy atom. The molecule has 92 valence electrons. The van der Waals surface area contributed by atoms with Gasteiger partial charge in [0.25, 0.3) is 0 Å². The molecule has 0 bridgehead atoms. The molecule has 0 spiro atoms. The Balaban J connectivity index is 2.75. The van der Waals surface area contributed by atoms with E-state index in [9.17, 15) is 9.59 Å². The lowest BCUT2D eigenvalue weighted by molar-refractivity contribution is -0.149. The van der Waals surface area contributed by atoms with Crippen LogP contribution in [0.4, 0.5) is 0 Å². The van der Waals surface area contributed by atoms with Gasteiger partial charge in [-0.3, -0.25) is 9.59 Å². The van der Waals surface area contributed by atoms with Gasteiger partial charge in [0, 0.05) is 13.7 Å². The largest absolute Gasteiger partial charge is 0.383 e. The maximum atomic E-state index is 11.9. The monoisotopic (exact) mass is 228 g/mol. The maximum Gasteiger partial charge on any atom is 0.245 e. The minimum atomic E-state index is -0.419. The number of piperazine rings is 1. The van der Waals surface area contributed by atoms with Crippen molar-refractivity contribution in [1.29, 1.82) is 0 Å². The van der Waals surface area contributed by atoms with Crippen molar-refractivity contribution >= 4 is 11.8 Å². The van der Waals surface area contributed by atoms with Crippen LogP contribution >= 0.6 is 0 Å². The summed E-state index contributed by atoms with van der Waals surface area (Å²) in [5.41, 5.74) is 0. The zero-order valence-electron chi connectivity index (χ0n) is 10.2. The van der Waals surface area contributed by atoms with Crippen molar-refractivity contribution in [3.05, 3.63) is 0 Å². The van der Waals surface area contributed by atoms with Crippen LogP contribution in [-0.2, 0) is 14.3 Å². The number of hydrogen-bond donors (Lipinski definition) is 1. The highest BCUT2D eigenvalue weighted by molar-refractivity contribution is 5.96. The molecule has 1 aliphatic heterocycles. The molecule has 16 heavy (non-hydrogen) atoms. The molecule has 0 aromatic rings. The van der Waals surface area contributed by atoms with Gasteiger partial charge in [0.15, 0.2) is 0 Å². The quantitative estimate of drug-likeness (QED) is 0.728. The summed E-state index contributed by atoms with van der Waals surface area (Å²) in [6, 6.07) is -0.749. The summed E-state index contributed by atoms with van der Waals surface area (Å²) < 4.78 is 4.96. The van der Waals surface area contributed by atoms with Crippen molar-refractivity contribution in [3.63, 3.8) is 0 Å². The van der Waals surface area contributed by atoms with E-state index >= 15 is 0 Å². The molecule has 1 rings (SSSR count). The highest BCUT2D eigenvalue weighted by atomic mass is 16.5. The number of ether oxygens (including phenoxy) is 1. The Bertz CT molecular complexity index is 268. The van der Waals surface area contributed by atoms with Gasteiger partial charge in [-0.2, -0.15) is 0 Å². The normalized spacial score (nSPS) is 25.8. The first kappa shape index (κ1) is 13.0. The number of nitrogens with zero attached hydrogens (tertiary/aromatic N) is 1. The van der Waals surface area contributed by atoms with Crippen molar-refractivity contribution in [2.24, 2.45) is 0 Å². The van der Waals surface area contributed by atoms with Gasteiger partial charge >= 0.3 is 0 Å². The molecule has 2 unspecified atom stereocenters. The van der Waals surface area contributed by atoms with Crippen LogP contribution in [0.25, 0.3) is 0 Å². The molecule has 1 N–H and O–H groups in total. The van der Waals surface area contributed by atoms with Crippen molar-refractivity contribution in [1.82, 2.24) is 10.2 Å². The topological polar surface area (TPSA) is 58.6 Å². The lowest BCUT2D eigenvalue weighted by Crippen LogP contribution is -2.62. The molecule has 0 aromatic carbocycles. The fourth-order valence-corrected chi connectivity index (χ4v) is 1.93. The predicted molar refractivity (Wildman–Crippen MR) is 59.9 cm³/mol. The Hall–Kier alpha value is -1.10. The molecular weight excluding hydrogens is 208 g/mol. The third kappa shape index (κ3) is 2.72. The maximum absolute atomic E-state index is 11.9. The first-order valence-electron chi connectivity index (χ1n) is 5.71. The van der Waals surface area contributed by atoms with Gasteiger partial charge in [-0.15, -0.1) is 0 Å². The Morgan fingerprint density at radius 3 is 2.69 bits per heavy atom. The predicted octanol–water partition coefficient (Wildman–Crippen LogP) is 0.148. The number of amides is 2. The average Bonchev–Trinajstić information content (AvgIpc) is 2.25. The van der Waals surface area contributed by atoms with Gasteiger partial charge in [-0.1, -0.05) is 13.3 Å². The summed E-state index contributed by atoms with van der Waals surface area (Å²) in [5, 5.41) is 2.70. The first-order valence-corrected chi connectivity index (χ1v) is 5.71. The van der Waals surface area contributed by atoms with Gasteiger partial charge < -0.3 is 15.0 Å². The van der Waals surface area contributed by atoms with Gasteiger partial charge in [-0.25, -0.2) is 0 Å². The van der Waals surface area contributed by atoms with Crippen LogP contribution in [0.5, 0.6) is 0 Å². The third-order valence-corrected chi connectivity index (χ3v) is 2.79. The Kier molecular flexibility index (Phi) is 4.73. The van der Waals surface area contributed by atoms with Crippen LogP contribution in [0.1, 0.15) is 26.7 Å². The highest BCUT2D eigenvalue weighted by Gasteiger charge is 2.37. The number of carbonyl (C=O) groups excluding carboxylic acids is 2. The van der Waals surface area contributed by atoms with Crippen LogP contribution in [0.15, 0.2) is 0 Å². The van der Waals surface area contributed by atoms with E-state index in [1.807, 2.05) is 6.92 Å². The van der Waals surface area contributed by atoms with Gasteiger partial charge in [0.2, 0.25) is 11.8 Å². The number of hydrogen-bond acceptors (Lipinski definition) is 3. The highest BCUT2D eigenvalue weighted by Crippen LogP contribution is 2.14. The minimum Gasteiger partial charge on any atom is -0.383 e. The number of methoxy groups -OCH3 is 1. The second-order valence-electron chi connectivity index (χ2n) is 4.06. The Labute approximate surface area is 96.1 Å². The standard InChI is InChI=1S/C11H20N2O3/c1-4-5-9-10(14)12-8(2)11(15)13(9)6-7-16-3/h8-9H,4-7H2,1-3H3,(H,12,14). The molecule has 0 radical (unpaired) electrons.